The van der Waals surface area contributed by atoms with E-state index in [1.165, 1.54) is 0 Å². The molecule has 0 atom stereocenters. The van der Waals surface area contributed by atoms with Crippen molar-refractivity contribution in [1.29, 1.82) is 0 Å². The van der Waals surface area contributed by atoms with E-state index in [1.54, 1.807) is 20.8 Å². The zero-order valence-corrected chi connectivity index (χ0v) is 10.2. The van der Waals surface area contributed by atoms with E-state index in [4.69, 9.17) is 4.84 Å². The van der Waals surface area contributed by atoms with Crippen molar-refractivity contribution in [3.8, 4) is 0 Å². The first-order chi connectivity index (χ1) is 7.41. The van der Waals surface area contributed by atoms with E-state index in [-0.39, 0.29) is 5.97 Å². The molecular formula is C13H17NO2. The van der Waals surface area contributed by atoms with Gasteiger partial charge in [0.25, 0.3) is 0 Å². The molecule has 1 rings (SSSR count). The molecule has 0 fully saturated rings. The Morgan fingerprint density at radius 2 is 1.75 bits per heavy atom. The third kappa shape index (κ3) is 3.50. The van der Waals surface area contributed by atoms with E-state index in [9.17, 15) is 4.79 Å². The van der Waals surface area contributed by atoms with Gasteiger partial charge in [-0.25, -0.2) is 4.79 Å². The van der Waals surface area contributed by atoms with Crippen molar-refractivity contribution >= 4 is 11.7 Å². The number of carbonyl (C=O) groups excluding carboxylic acids is 1. The zero-order chi connectivity index (χ0) is 12.2. The van der Waals surface area contributed by atoms with Crippen LogP contribution >= 0.6 is 0 Å². The Labute approximate surface area is 96.1 Å². The van der Waals surface area contributed by atoms with E-state index < -0.39 is 5.41 Å². The summed E-state index contributed by atoms with van der Waals surface area (Å²) in [4.78, 5) is 16.3. The summed E-state index contributed by atoms with van der Waals surface area (Å²) in [7, 11) is 0. The number of rotatable bonds is 2. The van der Waals surface area contributed by atoms with Gasteiger partial charge >= 0.3 is 5.97 Å². The molecule has 0 radical (unpaired) electrons. The molecule has 0 aliphatic carbocycles. The van der Waals surface area contributed by atoms with Crippen LogP contribution in [0.3, 0.4) is 0 Å². The van der Waals surface area contributed by atoms with Crippen molar-refractivity contribution in [3.05, 3.63) is 35.9 Å². The third-order valence-corrected chi connectivity index (χ3v) is 2.07. The summed E-state index contributed by atoms with van der Waals surface area (Å²) >= 11 is 0. The van der Waals surface area contributed by atoms with Crippen molar-refractivity contribution in [2.45, 2.75) is 27.7 Å². The number of hydrogen-bond donors (Lipinski definition) is 0. The Hall–Kier alpha value is -1.64. The first-order valence-electron chi connectivity index (χ1n) is 5.23. The Kier molecular flexibility index (Phi) is 3.82. The second kappa shape index (κ2) is 4.92. The predicted octanol–water partition coefficient (Wildman–Crippen LogP) is 3.00. The lowest BCUT2D eigenvalue weighted by Gasteiger charge is -2.13. The first-order valence-corrected chi connectivity index (χ1v) is 5.23. The molecule has 0 unspecified atom stereocenters. The van der Waals surface area contributed by atoms with Crippen molar-refractivity contribution in [2.75, 3.05) is 0 Å². The number of nitrogens with zero attached hydrogens (tertiary/aromatic N) is 1. The van der Waals surface area contributed by atoms with Crippen LogP contribution in [0.5, 0.6) is 0 Å². The normalized spacial score (nSPS) is 12.4. The highest BCUT2D eigenvalue weighted by Gasteiger charge is 2.23. The standard InChI is InChI=1S/C13H17NO2/c1-10(11-8-6-5-7-9-11)14-16-12(15)13(2,3)4/h5-9H,1-4H3/b14-10-. The van der Waals surface area contributed by atoms with E-state index in [0.717, 1.165) is 5.56 Å². The van der Waals surface area contributed by atoms with Gasteiger partial charge in [0.2, 0.25) is 0 Å². The van der Waals surface area contributed by atoms with Gasteiger partial charge in [0.1, 0.15) is 0 Å². The molecule has 1 aromatic carbocycles. The molecule has 0 saturated heterocycles. The average molecular weight is 219 g/mol. The van der Waals surface area contributed by atoms with Crippen LogP contribution in [0, 0.1) is 5.41 Å². The van der Waals surface area contributed by atoms with Crippen LogP contribution < -0.4 is 0 Å². The topological polar surface area (TPSA) is 38.7 Å². The zero-order valence-electron chi connectivity index (χ0n) is 10.2. The summed E-state index contributed by atoms with van der Waals surface area (Å²) in [6, 6.07) is 9.60. The van der Waals surface area contributed by atoms with Crippen molar-refractivity contribution in [1.82, 2.24) is 0 Å². The molecule has 0 aliphatic rings. The van der Waals surface area contributed by atoms with Crippen molar-refractivity contribution < 1.29 is 9.63 Å². The van der Waals surface area contributed by atoms with Gasteiger partial charge in [-0.2, -0.15) is 0 Å². The number of benzene rings is 1. The second-order valence-electron chi connectivity index (χ2n) is 4.67. The minimum Gasteiger partial charge on any atom is -0.317 e. The summed E-state index contributed by atoms with van der Waals surface area (Å²) in [5.41, 5.74) is 1.11. The lowest BCUT2D eigenvalue weighted by molar-refractivity contribution is -0.152. The Bertz CT molecular complexity index is 388. The van der Waals surface area contributed by atoms with Gasteiger partial charge in [-0.1, -0.05) is 35.5 Å². The molecule has 0 N–H and O–H groups in total. The van der Waals surface area contributed by atoms with Gasteiger partial charge in [-0.15, -0.1) is 0 Å². The Morgan fingerprint density at radius 1 is 1.19 bits per heavy atom. The van der Waals surface area contributed by atoms with Gasteiger partial charge in [-0.05, 0) is 33.3 Å². The Balaban J connectivity index is 2.70. The SMILES string of the molecule is C/C(=N/OC(=O)C(C)(C)C)c1ccccc1. The fourth-order valence-electron chi connectivity index (χ4n) is 0.979. The van der Waals surface area contributed by atoms with Crippen LogP contribution in [-0.4, -0.2) is 11.7 Å². The number of oxime groups is 1. The van der Waals surface area contributed by atoms with E-state index in [2.05, 4.69) is 5.16 Å². The molecule has 3 nitrogen and oxygen atoms in total. The van der Waals surface area contributed by atoms with E-state index in [0.29, 0.717) is 5.71 Å². The smallest absolute Gasteiger partial charge is 0.317 e. The highest BCUT2D eigenvalue weighted by molar-refractivity contribution is 5.98. The lowest BCUT2D eigenvalue weighted by Crippen LogP contribution is -2.21. The maximum atomic E-state index is 11.5. The predicted molar refractivity (Wildman–Crippen MR) is 64.2 cm³/mol. The van der Waals surface area contributed by atoms with Crippen molar-refractivity contribution in [3.63, 3.8) is 0 Å². The molecule has 1 aromatic rings. The molecule has 0 amide bonds. The largest absolute Gasteiger partial charge is 0.340 e. The molecule has 0 bridgehead atoms. The molecule has 0 spiro atoms. The molecule has 16 heavy (non-hydrogen) atoms. The summed E-state index contributed by atoms with van der Waals surface area (Å²) in [6.45, 7) is 7.19. The molecular weight excluding hydrogens is 202 g/mol. The fraction of sp³-hybridized carbons (Fsp3) is 0.385. The molecule has 0 aliphatic heterocycles. The molecule has 0 saturated carbocycles. The van der Waals surface area contributed by atoms with Crippen LogP contribution in [0.1, 0.15) is 33.3 Å². The average Bonchev–Trinajstić information content (AvgIpc) is 2.25. The summed E-state index contributed by atoms with van der Waals surface area (Å²) in [6.07, 6.45) is 0. The maximum absolute atomic E-state index is 11.5. The quantitative estimate of drug-likeness (QED) is 0.435. The highest BCUT2D eigenvalue weighted by Crippen LogP contribution is 2.15. The lowest BCUT2D eigenvalue weighted by atomic mass is 9.98. The van der Waals surface area contributed by atoms with Gasteiger partial charge in [0, 0.05) is 0 Å². The highest BCUT2D eigenvalue weighted by atomic mass is 16.7. The maximum Gasteiger partial charge on any atom is 0.340 e. The van der Waals surface area contributed by atoms with Gasteiger partial charge < -0.3 is 4.84 Å². The van der Waals surface area contributed by atoms with Crippen LogP contribution in [0.25, 0.3) is 0 Å². The molecule has 86 valence electrons. The van der Waals surface area contributed by atoms with E-state index in [1.807, 2.05) is 37.3 Å². The summed E-state index contributed by atoms with van der Waals surface area (Å²) < 4.78 is 0. The van der Waals surface area contributed by atoms with Crippen molar-refractivity contribution in [2.24, 2.45) is 10.6 Å². The number of hydrogen-bond acceptors (Lipinski definition) is 3. The third-order valence-electron chi connectivity index (χ3n) is 2.07. The minimum atomic E-state index is -0.527. The van der Waals surface area contributed by atoms with Crippen LogP contribution in [0.2, 0.25) is 0 Å². The van der Waals surface area contributed by atoms with Crippen LogP contribution in [0.15, 0.2) is 35.5 Å². The van der Waals surface area contributed by atoms with Gasteiger partial charge in [0.05, 0.1) is 11.1 Å². The molecule has 3 heteroatoms. The van der Waals surface area contributed by atoms with Gasteiger partial charge in [0.15, 0.2) is 0 Å². The fourth-order valence-corrected chi connectivity index (χ4v) is 0.979. The van der Waals surface area contributed by atoms with Crippen LogP contribution in [-0.2, 0) is 9.63 Å². The van der Waals surface area contributed by atoms with E-state index >= 15 is 0 Å². The molecule has 0 aromatic heterocycles. The number of carbonyl (C=O) groups is 1. The molecule has 0 heterocycles. The summed E-state index contributed by atoms with van der Waals surface area (Å²) in [5, 5.41) is 3.83. The monoisotopic (exact) mass is 219 g/mol. The first kappa shape index (κ1) is 12.4. The summed E-state index contributed by atoms with van der Waals surface area (Å²) in [5.74, 6) is -0.331. The minimum absolute atomic E-state index is 0.331. The second-order valence-corrected chi connectivity index (χ2v) is 4.67. The van der Waals surface area contributed by atoms with Gasteiger partial charge in [-0.3, -0.25) is 0 Å². The van der Waals surface area contributed by atoms with Crippen LogP contribution in [0.4, 0.5) is 0 Å². The Morgan fingerprint density at radius 3 is 2.25 bits per heavy atom.